The molecule has 3 aromatic rings. The van der Waals surface area contributed by atoms with Gasteiger partial charge in [-0.1, -0.05) is 17.2 Å². The Morgan fingerprint density at radius 2 is 1.96 bits per heavy atom. The summed E-state index contributed by atoms with van der Waals surface area (Å²) in [5.74, 6) is -0.302. The number of nitrogens with one attached hydrogen (secondary N) is 2. The van der Waals surface area contributed by atoms with E-state index in [1.807, 2.05) is 25.1 Å². The van der Waals surface area contributed by atoms with E-state index in [9.17, 15) is 4.79 Å². The molecule has 0 fully saturated rings. The molecular weight excluding hydrogens is 305 g/mol. The average molecular weight is 318 g/mol. The van der Waals surface area contributed by atoms with Crippen LogP contribution in [0.4, 0.5) is 11.6 Å². The molecule has 2 heterocycles. The van der Waals surface area contributed by atoms with Gasteiger partial charge in [0.15, 0.2) is 0 Å². The number of aromatic amines is 1. The number of H-pyrrole nitrogens is 1. The largest absolute Gasteiger partial charge is 1.00 e. The molecule has 0 bridgehead atoms. The van der Waals surface area contributed by atoms with Crippen molar-refractivity contribution in [3.05, 3.63) is 47.7 Å². The first-order valence-corrected chi connectivity index (χ1v) is 6.51. The molecule has 4 N–H and O–H groups in total. The van der Waals surface area contributed by atoms with Gasteiger partial charge >= 0.3 is 29.6 Å². The number of carbonyl (C=O) groups is 1. The van der Waals surface area contributed by atoms with Crippen LogP contribution in [0.1, 0.15) is 16.1 Å². The van der Waals surface area contributed by atoms with Gasteiger partial charge in [-0.3, -0.25) is 10.1 Å². The SMILES string of the molecule is Cc1cc(C(=O)Nc2nn[nH]n2)nc(-c2ccc(N)cc2)c1.[Na+]. The number of aryl methyl sites for hydroxylation is 1. The van der Waals surface area contributed by atoms with Crippen LogP contribution < -0.4 is 40.6 Å². The van der Waals surface area contributed by atoms with Crippen molar-refractivity contribution in [3.8, 4) is 11.3 Å². The summed E-state index contributed by atoms with van der Waals surface area (Å²) in [6, 6.07) is 10.9. The summed E-state index contributed by atoms with van der Waals surface area (Å²) >= 11 is 0. The standard InChI is InChI=1S/C14H13N7O.Na/c1-8-6-11(9-2-4-10(15)5-3-9)16-12(7-8)13(22)17-14-18-20-21-19-14;/h2-7H,15H2,1H3,(H2,17,18,19,20,21,22);/q;+1. The number of aromatic nitrogens is 5. The number of benzene rings is 1. The van der Waals surface area contributed by atoms with Crippen LogP contribution in [0.5, 0.6) is 0 Å². The molecule has 0 radical (unpaired) electrons. The molecule has 1 amide bonds. The predicted molar refractivity (Wildman–Crippen MR) is 81.0 cm³/mol. The van der Waals surface area contributed by atoms with Crippen molar-refractivity contribution < 1.29 is 34.4 Å². The van der Waals surface area contributed by atoms with E-state index in [1.165, 1.54) is 0 Å². The number of hydrogen-bond donors (Lipinski definition) is 3. The molecule has 110 valence electrons. The molecule has 0 spiro atoms. The third-order valence-electron chi connectivity index (χ3n) is 2.98. The van der Waals surface area contributed by atoms with Crippen molar-refractivity contribution >= 4 is 17.5 Å². The average Bonchev–Trinajstić information content (AvgIpc) is 3.00. The molecular formula is C14H13N7NaO+. The second kappa shape index (κ2) is 7.32. The molecule has 0 unspecified atom stereocenters. The van der Waals surface area contributed by atoms with Gasteiger partial charge in [0.25, 0.3) is 11.9 Å². The summed E-state index contributed by atoms with van der Waals surface area (Å²) in [6.07, 6.45) is 0. The molecule has 9 heteroatoms. The normalized spacial score (nSPS) is 9.96. The number of nitrogen functional groups attached to an aromatic ring is 1. The third-order valence-corrected chi connectivity index (χ3v) is 2.98. The second-order valence-electron chi connectivity index (χ2n) is 4.73. The Balaban J connectivity index is 0.00000192. The van der Waals surface area contributed by atoms with Crippen LogP contribution in [0, 0.1) is 6.92 Å². The number of anilines is 2. The van der Waals surface area contributed by atoms with Gasteiger partial charge in [0, 0.05) is 11.3 Å². The van der Waals surface area contributed by atoms with Crippen LogP contribution >= 0.6 is 0 Å². The van der Waals surface area contributed by atoms with Gasteiger partial charge in [0.05, 0.1) is 5.69 Å². The van der Waals surface area contributed by atoms with Crippen LogP contribution in [-0.2, 0) is 0 Å². The van der Waals surface area contributed by atoms with Gasteiger partial charge < -0.3 is 5.73 Å². The summed E-state index contributed by atoms with van der Waals surface area (Å²) in [7, 11) is 0. The van der Waals surface area contributed by atoms with Crippen LogP contribution in [0.25, 0.3) is 11.3 Å². The van der Waals surface area contributed by atoms with E-state index in [2.05, 4.69) is 30.9 Å². The zero-order valence-corrected chi connectivity index (χ0v) is 14.7. The Labute approximate surface area is 154 Å². The van der Waals surface area contributed by atoms with Gasteiger partial charge in [-0.25, -0.2) is 4.98 Å². The maximum Gasteiger partial charge on any atom is 1.00 e. The second-order valence-corrected chi connectivity index (χ2v) is 4.73. The first-order chi connectivity index (χ1) is 10.6. The Kier molecular flexibility index (Phi) is 5.43. The number of carbonyl (C=O) groups excluding carboxylic acids is 1. The first kappa shape index (κ1) is 17.1. The van der Waals surface area contributed by atoms with Gasteiger partial charge in [-0.2, -0.15) is 5.21 Å². The molecule has 0 saturated carbocycles. The van der Waals surface area contributed by atoms with Crippen LogP contribution in [0.3, 0.4) is 0 Å². The topological polar surface area (TPSA) is 122 Å². The molecule has 0 aliphatic rings. The maximum absolute atomic E-state index is 12.2. The van der Waals surface area contributed by atoms with E-state index in [1.54, 1.807) is 18.2 Å². The molecule has 0 atom stereocenters. The number of amides is 1. The molecule has 8 nitrogen and oxygen atoms in total. The number of hydrogen-bond acceptors (Lipinski definition) is 6. The first-order valence-electron chi connectivity index (χ1n) is 6.51. The fourth-order valence-electron chi connectivity index (χ4n) is 1.97. The molecule has 0 aliphatic heterocycles. The number of tetrazole rings is 1. The minimum Gasteiger partial charge on any atom is -0.399 e. The number of nitrogens with two attached hydrogens (primary N) is 1. The van der Waals surface area contributed by atoms with E-state index in [4.69, 9.17) is 5.73 Å². The monoisotopic (exact) mass is 318 g/mol. The van der Waals surface area contributed by atoms with Gasteiger partial charge in [0.2, 0.25) is 0 Å². The Bertz CT molecular complexity index is 803. The summed E-state index contributed by atoms with van der Waals surface area (Å²) in [5, 5.41) is 15.5. The molecule has 1 aromatic carbocycles. The number of rotatable bonds is 3. The smallest absolute Gasteiger partial charge is 0.399 e. The van der Waals surface area contributed by atoms with Crippen molar-refractivity contribution in [2.75, 3.05) is 11.1 Å². The molecule has 3 rings (SSSR count). The van der Waals surface area contributed by atoms with Gasteiger partial charge in [-0.05, 0) is 42.0 Å². The third kappa shape index (κ3) is 4.13. The van der Waals surface area contributed by atoms with Crippen molar-refractivity contribution in [3.63, 3.8) is 0 Å². The van der Waals surface area contributed by atoms with Crippen molar-refractivity contribution in [1.82, 2.24) is 25.6 Å². The zero-order valence-electron chi connectivity index (χ0n) is 12.7. The van der Waals surface area contributed by atoms with Gasteiger partial charge in [0.1, 0.15) is 5.69 Å². The van der Waals surface area contributed by atoms with Crippen molar-refractivity contribution in [2.45, 2.75) is 6.92 Å². The van der Waals surface area contributed by atoms with Gasteiger partial charge in [-0.15, -0.1) is 5.10 Å². The van der Waals surface area contributed by atoms with Crippen LogP contribution in [-0.4, -0.2) is 31.5 Å². The van der Waals surface area contributed by atoms with E-state index in [0.717, 1.165) is 11.1 Å². The Morgan fingerprint density at radius 3 is 2.61 bits per heavy atom. The summed E-state index contributed by atoms with van der Waals surface area (Å²) in [5.41, 5.74) is 9.12. The zero-order chi connectivity index (χ0) is 15.5. The molecule has 23 heavy (non-hydrogen) atoms. The molecule has 0 aliphatic carbocycles. The maximum atomic E-state index is 12.2. The minimum atomic E-state index is -0.401. The minimum absolute atomic E-state index is 0. The quantitative estimate of drug-likeness (QED) is 0.395. The summed E-state index contributed by atoms with van der Waals surface area (Å²) < 4.78 is 0. The van der Waals surface area contributed by atoms with E-state index in [-0.39, 0.29) is 41.2 Å². The summed E-state index contributed by atoms with van der Waals surface area (Å²) in [4.78, 5) is 16.6. The van der Waals surface area contributed by atoms with E-state index in [0.29, 0.717) is 11.4 Å². The molecule has 2 aromatic heterocycles. The van der Waals surface area contributed by atoms with Crippen LogP contribution in [0.2, 0.25) is 0 Å². The fraction of sp³-hybridized carbons (Fsp3) is 0.0714. The van der Waals surface area contributed by atoms with E-state index < -0.39 is 5.91 Å². The van der Waals surface area contributed by atoms with Crippen molar-refractivity contribution in [1.29, 1.82) is 0 Å². The number of nitrogens with zero attached hydrogens (tertiary/aromatic N) is 4. The fourth-order valence-corrected chi connectivity index (χ4v) is 1.97. The van der Waals surface area contributed by atoms with E-state index >= 15 is 0 Å². The Morgan fingerprint density at radius 1 is 1.22 bits per heavy atom. The Hall–Kier alpha value is -2.29. The van der Waals surface area contributed by atoms with Crippen molar-refractivity contribution in [2.24, 2.45) is 0 Å². The summed E-state index contributed by atoms with van der Waals surface area (Å²) in [6.45, 7) is 1.90. The predicted octanol–water partition coefficient (Wildman–Crippen LogP) is -1.59. The number of pyridine rings is 1. The molecule has 0 saturated heterocycles. The van der Waals surface area contributed by atoms with Crippen LogP contribution in [0.15, 0.2) is 36.4 Å².